The SMILES string of the molecule is Clc1ccc(-c2noc(C3CNCCO3)n2)cc1Cl. The van der Waals surface area contributed by atoms with E-state index in [-0.39, 0.29) is 6.10 Å². The second-order valence-electron chi connectivity index (χ2n) is 4.15. The molecule has 0 aliphatic carbocycles. The summed E-state index contributed by atoms with van der Waals surface area (Å²) in [7, 11) is 0. The molecule has 2 heterocycles. The lowest BCUT2D eigenvalue weighted by Crippen LogP contribution is -2.33. The van der Waals surface area contributed by atoms with Gasteiger partial charge in [0, 0.05) is 18.7 Å². The summed E-state index contributed by atoms with van der Waals surface area (Å²) in [4.78, 5) is 4.33. The molecule has 1 aliphatic rings. The average Bonchev–Trinajstić information content (AvgIpc) is 2.93. The summed E-state index contributed by atoms with van der Waals surface area (Å²) in [6.45, 7) is 2.14. The molecule has 0 saturated carbocycles. The highest BCUT2D eigenvalue weighted by atomic mass is 35.5. The third kappa shape index (κ3) is 2.74. The first-order valence-corrected chi connectivity index (χ1v) is 6.61. The average molecular weight is 300 g/mol. The molecule has 1 aliphatic heterocycles. The molecule has 1 fully saturated rings. The van der Waals surface area contributed by atoms with Crippen LogP contribution in [0.25, 0.3) is 11.4 Å². The number of nitrogens with one attached hydrogen (secondary N) is 1. The second-order valence-corrected chi connectivity index (χ2v) is 4.96. The van der Waals surface area contributed by atoms with Gasteiger partial charge in [-0.2, -0.15) is 4.98 Å². The summed E-state index contributed by atoms with van der Waals surface area (Å²) < 4.78 is 10.8. The lowest BCUT2D eigenvalue weighted by molar-refractivity contribution is 0.00755. The quantitative estimate of drug-likeness (QED) is 0.924. The molecule has 1 saturated heterocycles. The van der Waals surface area contributed by atoms with Gasteiger partial charge in [-0.25, -0.2) is 0 Å². The van der Waals surface area contributed by atoms with Gasteiger partial charge in [-0.15, -0.1) is 0 Å². The first kappa shape index (κ1) is 12.9. The Balaban J connectivity index is 1.85. The standard InChI is InChI=1S/C12H11Cl2N3O2/c13-8-2-1-7(5-9(8)14)11-16-12(19-17-11)10-6-15-3-4-18-10/h1-2,5,10,15H,3-4,6H2. The van der Waals surface area contributed by atoms with Gasteiger partial charge in [0.25, 0.3) is 5.89 Å². The van der Waals surface area contributed by atoms with E-state index in [0.717, 1.165) is 12.1 Å². The van der Waals surface area contributed by atoms with Crippen molar-refractivity contribution in [3.63, 3.8) is 0 Å². The molecule has 0 radical (unpaired) electrons. The van der Waals surface area contributed by atoms with E-state index in [1.165, 1.54) is 0 Å². The number of hydrogen-bond donors (Lipinski definition) is 1. The first-order chi connectivity index (χ1) is 9.24. The van der Waals surface area contributed by atoms with Crippen LogP contribution in [-0.2, 0) is 4.74 Å². The maximum Gasteiger partial charge on any atom is 0.257 e. The molecule has 0 bridgehead atoms. The van der Waals surface area contributed by atoms with Gasteiger partial charge in [0.15, 0.2) is 0 Å². The van der Waals surface area contributed by atoms with Gasteiger partial charge in [-0.1, -0.05) is 28.4 Å². The molecule has 0 spiro atoms. The van der Waals surface area contributed by atoms with Crippen molar-refractivity contribution in [1.29, 1.82) is 0 Å². The number of nitrogens with zero attached hydrogens (tertiary/aromatic N) is 2. The van der Waals surface area contributed by atoms with Gasteiger partial charge in [-0.05, 0) is 18.2 Å². The number of hydrogen-bond acceptors (Lipinski definition) is 5. The second kappa shape index (κ2) is 5.46. The number of morpholine rings is 1. The van der Waals surface area contributed by atoms with Crippen LogP contribution in [0.4, 0.5) is 0 Å². The molecule has 1 atom stereocenters. The maximum atomic E-state index is 5.97. The highest BCUT2D eigenvalue weighted by molar-refractivity contribution is 6.42. The summed E-state index contributed by atoms with van der Waals surface area (Å²) in [5.41, 5.74) is 0.758. The van der Waals surface area contributed by atoms with Crippen LogP contribution in [0.1, 0.15) is 12.0 Å². The summed E-state index contributed by atoms with van der Waals surface area (Å²) in [6.07, 6.45) is -0.197. The normalized spacial score (nSPS) is 19.6. The molecule has 0 amide bonds. The minimum atomic E-state index is -0.197. The third-order valence-electron chi connectivity index (χ3n) is 2.82. The maximum absolute atomic E-state index is 5.97. The molecule has 3 rings (SSSR count). The van der Waals surface area contributed by atoms with Crippen LogP contribution in [0.5, 0.6) is 0 Å². The highest BCUT2D eigenvalue weighted by Gasteiger charge is 2.22. The predicted octanol–water partition coefficient (Wildman–Crippen LogP) is 2.70. The first-order valence-electron chi connectivity index (χ1n) is 5.85. The van der Waals surface area contributed by atoms with Crippen LogP contribution in [0.15, 0.2) is 22.7 Å². The Morgan fingerprint density at radius 2 is 2.16 bits per heavy atom. The Bertz CT molecular complexity index is 582. The van der Waals surface area contributed by atoms with Gasteiger partial charge < -0.3 is 14.6 Å². The predicted molar refractivity (Wildman–Crippen MR) is 71.3 cm³/mol. The van der Waals surface area contributed by atoms with E-state index in [1.54, 1.807) is 18.2 Å². The van der Waals surface area contributed by atoms with Crippen molar-refractivity contribution >= 4 is 23.2 Å². The number of benzene rings is 1. The fourth-order valence-corrected chi connectivity index (χ4v) is 2.14. The van der Waals surface area contributed by atoms with Crippen molar-refractivity contribution in [3.05, 3.63) is 34.1 Å². The Labute approximate surface area is 119 Å². The lowest BCUT2D eigenvalue weighted by atomic mass is 10.2. The number of halogens is 2. The summed E-state index contributed by atoms with van der Waals surface area (Å²) in [5, 5.41) is 8.10. The van der Waals surface area contributed by atoms with E-state index in [0.29, 0.717) is 34.9 Å². The van der Waals surface area contributed by atoms with Gasteiger partial charge in [0.05, 0.1) is 16.7 Å². The van der Waals surface area contributed by atoms with Gasteiger partial charge in [0.2, 0.25) is 5.82 Å². The molecular weight excluding hydrogens is 289 g/mol. The van der Waals surface area contributed by atoms with Crippen molar-refractivity contribution < 1.29 is 9.26 Å². The fraction of sp³-hybridized carbons (Fsp3) is 0.333. The molecule has 1 aromatic carbocycles. The fourth-order valence-electron chi connectivity index (χ4n) is 1.84. The van der Waals surface area contributed by atoms with Gasteiger partial charge >= 0.3 is 0 Å². The van der Waals surface area contributed by atoms with E-state index in [1.807, 2.05) is 0 Å². The van der Waals surface area contributed by atoms with Crippen LogP contribution >= 0.6 is 23.2 Å². The number of aromatic nitrogens is 2. The summed E-state index contributed by atoms with van der Waals surface area (Å²) in [5.74, 6) is 0.941. The van der Waals surface area contributed by atoms with E-state index in [2.05, 4.69) is 15.5 Å². The highest BCUT2D eigenvalue weighted by Crippen LogP contribution is 2.28. The minimum absolute atomic E-state index is 0.197. The van der Waals surface area contributed by atoms with Crippen LogP contribution in [0.2, 0.25) is 10.0 Å². The lowest BCUT2D eigenvalue weighted by Gasteiger charge is -2.19. The summed E-state index contributed by atoms with van der Waals surface area (Å²) >= 11 is 11.8. The van der Waals surface area contributed by atoms with Crippen molar-refractivity contribution in [1.82, 2.24) is 15.5 Å². The molecule has 7 heteroatoms. The van der Waals surface area contributed by atoms with Crippen LogP contribution in [-0.4, -0.2) is 29.8 Å². The Hall–Kier alpha value is -1.14. The molecule has 19 heavy (non-hydrogen) atoms. The molecule has 1 aromatic heterocycles. The molecule has 1 N–H and O–H groups in total. The van der Waals surface area contributed by atoms with Crippen LogP contribution < -0.4 is 5.32 Å². The zero-order chi connectivity index (χ0) is 13.2. The Kier molecular flexibility index (Phi) is 3.70. The van der Waals surface area contributed by atoms with Gasteiger partial charge in [-0.3, -0.25) is 0 Å². The molecule has 2 aromatic rings. The number of rotatable bonds is 2. The monoisotopic (exact) mass is 299 g/mol. The molecule has 1 unspecified atom stereocenters. The zero-order valence-corrected chi connectivity index (χ0v) is 11.4. The van der Waals surface area contributed by atoms with Crippen molar-refractivity contribution in [2.75, 3.05) is 19.7 Å². The Morgan fingerprint density at radius 3 is 2.89 bits per heavy atom. The van der Waals surface area contributed by atoms with Crippen LogP contribution in [0.3, 0.4) is 0 Å². The van der Waals surface area contributed by atoms with E-state index in [4.69, 9.17) is 32.5 Å². The smallest absolute Gasteiger partial charge is 0.257 e. The number of ether oxygens (including phenoxy) is 1. The zero-order valence-electron chi connectivity index (χ0n) is 9.90. The van der Waals surface area contributed by atoms with Crippen molar-refractivity contribution in [2.45, 2.75) is 6.10 Å². The van der Waals surface area contributed by atoms with Crippen LogP contribution in [0, 0.1) is 0 Å². The topological polar surface area (TPSA) is 60.2 Å². The summed E-state index contributed by atoms with van der Waals surface area (Å²) in [6, 6.07) is 5.20. The van der Waals surface area contributed by atoms with E-state index >= 15 is 0 Å². The molecule has 100 valence electrons. The largest absolute Gasteiger partial charge is 0.366 e. The Morgan fingerprint density at radius 1 is 1.26 bits per heavy atom. The van der Waals surface area contributed by atoms with Crippen molar-refractivity contribution in [3.8, 4) is 11.4 Å². The van der Waals surface area contributed by atoms with E-state index in [9.17, 15) is 0 Å². The molecular formula is C12H11Cl2N3O2. The minimum Gasteiger partial charge on any atom is -0.366 e. The van der Waals surface area contributed by atoms with E-state index < -0.39 is 0 Å². The van der Waals surface area contributed by atoms with Gasteiger partial charge in [0.1, 0.15) is 6.10 Å². The molecule has 5 nitrogen and oxygen atoms in total. The third-order valence-corrected chi connectivity index (χ3v) is 3.56. The van der Waals surface area contributed by atoms with Crippen molar-refractivity contribution in [2.24, 2.45) is 0 Å².